The van der Waals surface area contributed by atoms with Gasteiger partial charge in [-0.15, -0.1) is 0 Å². The third-order valence-electron chi connectivity index (χ3n) is 5.98. The van der Waals surface area contributed by atoms with Crippen LogP contribution in [0.4, 0.5) is 5.69 Å². The lowest BCUT2D eigenvalue weighted by Crippen LogP contribution is -2.42. The lowest BCUT2D eigenvalue weighted by atomic mass is 9.80. The van der Waals surface area contributed by atoms with Crippen LogP contribution >= 0.6 is 0 Å². The largest absolute Gasteiger partial charge is 0.393 e. The Morgan fingerprint density at radius 2 is 1.91 bits per heavy atom. The molecule has 0 aliphatic carbocycles. The van der Waals surface area contributed by atoms with Crippen LogP contribution < -0.4 is 5.32 Å². The Morgan fingerprint density at radius 3 is 2.62 bits per heavy atom. The van der Waals surface area contributed by atoms with Crippen LogP contribution in [-0.2, 0) is 4.74 Å². The summed E-state index contributed by atoms with van der Waals surface area (Å²) in [6.45, 7) is 6.18. The van der Waals surface area contributed by atoms with Crippen molar-refractivity contribution in [3.63, 3.8) is 0 Å². The molecule has 1 aromatic carbocycles. The molecule has 2 N–H and O–H groups in total. The molecule has 0 radical (unpaired) electrons. The van der Waals surface area contributed by atoms with E-state index in [1.165, 1.54) is 6.20 Å². The maximum atomic E-state index is 13.0. The highest BCUT2D eigenvalue weighted by atomic mass is 16.5. The summed E-state index contributed by atoms with van der Waals surface area (Å²) in [5.41, 5.74) is 3.04. The third-order valence-corrected chi connectivity index (χ3v) is 5.98. The predicted molar refractivity (Wildman–Crippen MR) is 122 cm³/mol. The Labute approximate surface area is 187 Å². The summed E-state index contributed by atoms with van der Waals surface area (Å²) < 4.78 is 6.25. The second-order valence-corrected chi connectivity index (χ2v) is 8.53. The molecule has 32 heavy (non-hydrogen) atoms. The highest BCUT2D eigenvalue weighted by Crippen LogP contribution is 2.39. The van der Waals surface area contributed by atoms with Gasteiger partial charge < -0.3 is 15.2 Å². The predicted octanol–water partition coefficient (Wildman–Crippen LogP) is 4.27. The van der Waals surface area contributed by atoms with Crippen molar-refractivity contribution in [2.75, 3.05) is 5.32 Å². The zero-order valence-electron chi connectivity index (χ0n) is 18.5. The van der Waals surface area contributed by atoms with Crippen molar-refractivity contribution in [2.24, 2.45) is 11.8 Å². The Balaban J connectivity index is 1.55. The number of aromatic nitrogens is 3. The van der Waals surface area contributed by atoms with Gasteiger partial charge in [-0.05, 0) is 18.9 Å². The summed E-state index contributed by atoms with van der Waals surface area (Å²) in [6, 6.07) is 11.4. The van der Waals surface area contributed by atoms with E-state index in [0.717, 1.165) is 11.1 Å². The summed E-state index contributed by atoms with van der Waals surface area (Å²) in [5.74, 6) is 0.00384. The van der Waals surface area contributed by atoms with Crippen LogP contribution in [0.25, 0.3) is 11.3 Å². The molecule has 0 saturated carbocycles. The van der Waals surface area contributed by atoms with Gasteiger partial charge in [-0.1, -0.05) is 44.2 Å². The van der Waals surface area contributed by atoms with Crippen LogP contribution in [0.3, 0.4) is 0 Å². The number of hydrogen-bond donors (Lipinski definition) is 2. The number of carbonyl (C=O) groups is 1. The first-order valence-electron chi connectivity index (χ1n) is 10.9. The number of rotatable bonds is 5. The standard InChI is InChI=1S/C25H28N4O3/c1-15(2)24-16(3)32-23(11-22(24)30)18-9-10-26-13-20(18)29-25(31)21-14-27-12-19(28-21)17-7-5-4-6-8-17/h4-10,12-16,22-24,30H,11H2,1-3H3,(H,29,31). The molecule has 1 aliphatic rings. The Hall–Kier alpha value is -3.16. The van der Waals surface area contributed by atoms with Gasteiger partial charge in [0, 0.05) is 29.7 Å². The van der Waals surface area contributed by atoms with E-state index in [9.17, 15) is 9.90 Å². The van der Waals surface area contributed by atoms with E-state index >= 15 is 0 Å². The average molecular weight is 433 g/mol. The van der Waals surface area contributed by atoms with E-state index in [2.05, 4.69) is 34.1 Å². The molecular formula is C25H28N4O3. The molecule has 1 amide bonds. The van der Waals surface area contributed by atoms with Gasteiger partial charge in [0.2, 0.25) is 0 Å². The van der Waals surface area contributed by atoms with Crippen molar-refractivity contribution < 1.29 is 14.6 Å². The summed E-state index contributed by atoms with van der Waals surface area (Å²) in [7, 11) is 0. The minimum absolute atomic E-state index is 0.0714. The van der Waals surface area contributed by atoms with Crippen LogP contribution in [0.2, 0.25) is 0 Å². The lowest BCUT2D eigenvalue weighted by molar-refractivity contribution is -0.142. The monoisotopic (exact) mass is 432 g/mol. The number of aliphatic hydroxyl groups is 1. The van der Waals surface area contributed by atoms with Crippen molar-refractivity contribution in [3.05, 3.63) is 72.4 Å². The SMILES string of the molecule is CC(C)C1C(O)CC(c2ccncc2NC(=O)c2cncc(-c3ccccc3)n2)OC1C. The van der Waals surface area contributed by atoms with E-state index in [0.29, 0.717) is 23.7 Å². The van der Waals surface area contributed by atoms with Crippen molar-refractivity contribution in [1.29, 1.82) is 0 Å². The minimum Gasteiger partial charge on any atom is -0.393 e. The number of amides is 1. The van der Waals surface area contributed by atoms with Gasteiger partial charge >= 0.3 is 0 Å². The Kier molecular flexibility index (Phi) is 6.58. The average Bonchev–Trinajstić information content (AvgIpc) is 2.79. The van der Waals surface area contributed by atoms with Crippen molar-refractivity contribution in [2.45, 2.75) is 45.5 Å². The summed E-state index contributed by atoms with van der Waals surface area (Å²) >= 11 is 0. The Morgan fingerprint density at radius 1 is 1.12 bits per heavy atom. The fourth-order valence-corrected chi connectivity index (χ4v) is 4.48. The number of ether oxygens (including phenoxy) is 1. The number of nitrogens with zero attached hydrogens (tertiary/aromatic N) is 3. The van der Waals surface area contributed by atoms with Crippen LogP contribution in [0.15, 0.2) is 61.2 Å². The van der Waals surface area contributed by atoms with Crippen molar-refractivity contribution in [1.82, 2.24) is 15.0 Å². The summed E-state index contributed by atoms with van der Waals surface area (Å²) in [4.78, 5) is 25.8. The Bertz CT molecular complexity index is 1060. The topological polar surface area (TPSA) is 97.2 Å². The number of carbonyl (C=O) groups excluding carboxylic acids is 1. The number of benzene rings is 1. The summed E-state index contributed by atoms with van der Waals surface area (Å²) in [5, 5.41) is 13.6. The second kappa shape index (κ2) is 9.54. The molecule has 1 aliphatic heterocycles. The minimum atomic E-state index is -0.478. The van der Waals surface area contributed by atoms with E-state index in [1.807, 2.05) is 43.3 Å². The van der Waals surface area contributed by atoms with Crippen LogP contribution in [-0.4, -0.2) is 38.2 Å². The number of pyridine rings is 1. The molecule has 3 heterocycles. The molecule has 0 spiro atoms. The first-order valence-corrected chi connectivity index (χ1v) is 10.9. The maximum absolute atomic E-state index is 13.0. The first kappa shape index (κ1) is 22.0. The van der Waals surface area contributed by atoms with E-state index in [1.54, 1.807) is 18.6 Å². The molecular weight excluding hydrogens is 404 g/mol. The number of aliphatic hydroxyl groups excluding tert-OH is 1. The van der Waals surface area contributed by atoms with Gasteiger partial charge in [-0.3, -0.25) is 14.8 Å². The molecule has 4 rings (SSSR count). The third kappa shape index (κ3) is 4.69. The van der Waals surface area contributed by atoms with Gasteiger partial charge in [-0.2, -0.15) is 0 Å². The molecule has 0 bridgehead atoms. The molecule has 3 aromatic rings. The molecule has 4 atom stereocenters. The molecule has 7 nitrogen and oxygen atoms in total. The molecule has 4 unspecified atom stereocenters. The highest BCUT2D eigenvalue weighted by Gasteiger charge is 2.38. The fraction of sp³-hybridized carbons (Fsp3) is 0.360. The van der Waals surface area contributed by atoms with E-state index < -0.39 is 6.10 Å². The second-order valence-electron chi connectivity index (χ2n) is 8.53. The normalized spacial score (nSPS) is 23.2. The fourth-order valence-electron chi connectivity index (χ4n) is 4.48. The zero-order valence-corrected chi connectivity index (χ0v) is 18.5. The number of anilines is 1. The van der Waals surface area contributed by atoms with Gasteiger partial charge in [0.15, 0.2) is 0 Å². The zero-order chi connectivity index (χ0) is 22.7. The molecule has 1 saturated heterocycles. The number of nitrogens with one attached hydrogen (secondary N) is 1. The highest BCUT2D eigenvalue weighted by molar-refractivity contribution is 6.03. The van der Waals surface area contributed by atoms with Crippen LogP contribution in [0, 0.1) is 11.8 Å². The quantitative estimate of drug-likeness (QED) is 0.625. The maximum Gasteiger partial charge on any atom is 0.275 e. The van der Waals surface area contributed by atoms with Gasteiger partial charge in [0.25, 0.3) is 5.91 Å². The first-order chi connectivity index (χ1) is 15.4. The molecule has 166 valence electrons. The lowest BCUT2D eigenvalue weighted by Gasteiger charge is -2.41. The van der Waals surface area contributed by atoms with Crippen molar-refractivity contribution in [3.8, 4) is 11.3 Å². The smallest absolute Gasteiger partial charge is 0.275 e. The van der Waals surface area contributed by atoms with Gasteiger partial charge in [0.05, 0.1) is 48.3 Å². The van der Waals surface area contributed by atoms with Crippen LogP contribution in [0.1, 0.15) is 49.3 Å². The van der Waals surface area contributed by atoms with Crippen LogP contribution in [0.5, 0.6) is 0 Å². The van der Waals surface area contributed by atoms with Crippen molar-refractivity contribution >= 4 is 11.6 Å². The number of hydrogen-bond acceptors (Lipinski definition) is 6. The molecule has 7 heteroatoms. The summed E-state index contributed by atoms with van der Waals surface area (Å²) in [6.07, 6.45) is 5.87. The van der Waals surface area contributed by atoms with Gasteiger partial charge in [-0.25, -0.2) is 4.98 Å². The van der Waals surface area contributed by atoms with E-state index in [4.69, 9.17) is 4.74 Å². The van der Waals surface area contributed by atoms with Gasteiger partial charge in [0.1, 0.15) is 5.69 Å². The van der Waals surface area contributed by atoms with E-state index in [-0.39, 0.29) is 29.7 Å². The molecule has 1 fully saturated rings. The molecule has 2 aromatic heterocycles.